The number of carbonyl (C=O) groups excluding carboxylic acids is 2. The van der Waals surface area contributed by atoms with Crippen LogP contribution in [0.1, 0.15) is 22.8 Å². The number of rotatable bonds is 6. The summed E-state index contributed by atoms with van der Waals surface area (Å²) in [6.07, 6.45) is 3.02. The van der Waals surface area contributed by atoms with Gasteiger partial charge in [-0.25, -0.2) is 18.5 Å². The van der Waals surface area contributed by atoms with E-state index in [2.05, 4.69) is 10.3 Å². The largest absolute Gasteiger partial charge is 0.426 e. The first-order valence-electron chi connectivity index (χ1n) is 10.1. The number of anilines is 1. The number of nitrogens with two attached hydrogens (primary N) is 1. The number of carbonyl (C=O) groups is 2. The molecule has 1 aromatic heterocycles. The van der Waals surface area contributed by atoms with Crippen molar-refractivity contribution in [1.29, 1.82) is 0 Å². The van der Waals surface area contributed by atoms with Crippen molar-refractivity contribution >= 4 is 44.5 Å². The maximum atomic E-state index is 12.2. The molecule has 0 bridgehead atoms. The Kier molecular flexibility index (Phi) is 6.01. The van der Waals surface area contributed by atoms with Gasteiger partial charge in [0.2, 0.25) is 15.9 Å². The molecule has 0 saturated heterocycles. The summed E-state index contributed by atoms with van der Waals surface area (Å²) in [5.74, 6) is -0.164. The second-order valence-electron chi connectivity index (χ2n) is 7.52. The number of nitrogens with one attached hydrogen (secondary N) is 1. The van der Waals surface area contributed by atoms with Gasteiger partial charge in [-0.15, -0.1) is 0 Å². The van der Waals surface area contributed by atoms with Gasteiger partial charge in [0.25, 0.3) is 0 Å². The van der Waals surface area contributed by atoms with Crippen molar-refractivity contribution in [2.45, 2.75) is 11.8 Å². The average Bonchev–Trinajstić information content (AvgIpc) is 3.14. The molecule has 172 valence electrons. The molecule has 3 aromatic carbocycles. The third-order valence-electron chi connectivity index (χ3n) is 5.09. The van der Waals surface area contributed by atoms with Crippen LogP contribution in [0.3, 0.4) is 0 Å². The lowest BCUT2D eigenvalue weighted by molar-refractivity contribution is -0.111. The number of aromatic nitrogens is 2. The highest BCUT2D eigenvalue weighted by Crippen LogP contribution is 2.26. The molecule has 4 rings (SSSR count). The zero-order valence-electron chi connectivity index (χ0n) is 18.0. The topological polar surface area (TPSA) is 144 Å². The monoisotopic (exact) mass is 476 g/mol. The summed E-state index contributed by atoms with van der Waals surface area (Å²) in [5.41, 5.74) is 3.05. The number of ketones is 1. The van der Waals surface area contributed by atoms with Crippen LogP contribution < -0.4 is 10.5 Å². The lowest BCUT2D eigenvalue weighted by Crippen LogP contribution is -2.12. The predicted octanol–water partition coefficient (Wildman–Crippen LogP) is 3.44. The Labute approximate surface area is 195 Å². The maximum absolute atomic E-state index is 12.2. The Bertz CT molecular complexity index is 1540. The molecular formula is C24H20N4O5S. The molecule has 0 saturated carbocycles. The fourth-order valence-electron chi connectivity index (χ4n) is 3.29. The number of amides is 1. The second-order valence-corrected chi connectivity index (χ2v) is 9.08. The fourth-order valence-corrected chi connectivity index (χ4v) is 3.83. The lowest BCUT2D eigenvalue weighted by Gasteiger charge is -2.05. The third-order valence-corrected chi connectivity index (χ3v) is 6.00. The van der Waals surface area contributed by atoms with Crippen molar-refractivity contribution in [3.63, 3.8) is 0 Å². The van der Waals surface area contributed by atoms with E-state index in [1.54, 1.807) is 54.6 Å². The molecule has 0 aliphatic carbocycles. The summed E-state index contributed by atoms with van der Waals surface area (Å²) in [7, 11) is -3.92. The highest BCUT2D eigenvalue weighted by atomic mass is 32.2. The predicted molar refractivity (Wildman–Crippen MR) is 128 cm³/mol. The van der Waals surface area contributed by atoms with E-state index in [9.17, 15) is 23.2 Å². The first-order valence-corrected chi connectivity index (χ1v) is 11.6. The number of fused-ring (bicyclic) bond motifs is 1. The Morgan fingerprint density at radius 3 is 2.32 bits per heavy atom. The van der Waals surface area contributed by atoms with Gasteiger partial charge in [-0.05, 0) is 61.0 Å². The van der Waals surface area contributed by atoms with Crippen LogP contribution in [0.15, 0.2) is 77.7 Å². The molecule has 0 radical (unpaired) electrons. The molecule has 4 N–H and O–H groups in total. The van der Waals surface area contributed by atoms with Crippen molar-refractivity contribution < 1.29 is 23.2 Å². The smallest absolute Gasteiger partial charge is 0.248 e. The molecule has 9 nitrogen and oxygen atoms in total. The van der Waals surface area contributed by atoms with Gasteiger partial charge in [0.1, 0.15) is 5.52 Å². The minimum Gasteiger partial charge on any atom is -0.426 e. The summed E-state index contributed by atoms with van der Waals surface area (Å²) in [5, 5.41) is 18.4. The standard InChI is InChI=1S/C24H20N4O5S/c1-15(29)17-5-2-16(3-6-17)4-13-23(30)26-19-9-7-18(8-10-19)24-27-21-12-11-20(34(25,32)33)14-22(21)28(24)31/h2-14,31H,1H3,(H,26,30)(H2,25,32,33)/b13-4+. The number of imidazole rings is 1. The van der Waals surface area contributed by atoms with Gasteiger partial charge in [0.05, 0.1) is 10.4 Å². The van der Waals surface area contributed by atoms with E-state index in [1.165, 1.54) is 31.2 Å². The molecule has 1 amide bonds. The third kappa shape index (κ3) is 4.87. The first kappa shape index (κ1) is 22.9. The molecule has 0 aliphatic heterocycles. The molecule has 0 unspecified atom stereocenters. The lowest BCUT2D eigenvalue weighted by atomic mass is 10.1. The Hall–Kier alpha value is -4.28. The molecule has 0 aliphatic rings. The maximum Gasteiger partial charge on any atom is 0.248 e. The molecule has 34 heavy (non-hydrogen) atoms. The summed E-state index contributed by atoms with van der Waals surface area (Å²) in [6.45, 7) is 1.49. The molecule has 4 aromatic rings. The number of nitrogens with zero attached hydrogens (tertiary/aromatic N) is 2. The van der Waals surface area contributed by atoms with E-state index in [4.69, 9.17) is 5.14 Å². The fraction of sp³-hybridized carbons (Fsp3) is 0.0417. The van der Waals surface area contributed by atoms with Crippen molar-refractivity contribution in [2.75, 3.05) is 5.32 Å². The van der Waals surface area contributed by atoms with Gasteiger partial charge < -0.3 is 10.5 Å². The van der Waals surface area contributed by atoms with E-state index in [0.29, 0.717) is 22.3 Å². The number of sulfonamides is 1. The van der Waals surface area contributed by atoms with Crippen molar-refractivity contribution in [3.05, 3.63) is 83.9 Å². The molecule has 10 heteroatoms. The summed E-state index contributed by atoms with van der Waals surface area (Å²) >= 11 is 0. The number of hydrogen-bond donors (Lipinski definition) is 3. The van der Waals surface area contributed by atoms with Gasteiger partial charge >= 0.3 is 0 Å². The van der Waals surface area contributed by atoms with Crippen LogP contribution in [-0.2, 0) is 14.8 Å². The zero-order chi connectivity index (χ0) is 24.5. The minimum atomic E-state index is -3.92. The first-order chi connectivity index (χ1) is 16.1. The van der Waals surface area contributed by atoms with Crippen LogP contribution in [-0.4, -0.2) is 35.0 Å². The van der Waals surface area contributed by atoms with Crippen molar-refractivity contribution in [2.24, 2.45) is 5.14 Å². The number of hydrogen-bond acceptors (Lipinski definition) is 6. The van der Waals surface area contributed by atoms with Crippen LogP contribution in [0.4, 0.5) is 5.69 Å². The average molecular weight is 477 g/mol. The van der Waals surface area contributed by atoms with Crippen LogP contribution in [0, 0.1) is 0 Å². The van der Waals surface area contributed by atoms with E-state index < -0.39 is 10.0 Å². The van der Waals surface area contributed by atoms with Crippen LogP contribution in [0.25, 0.3) is 28.5 Å². The Balaban J connectivity index is 1.48. The molecule has 0 atom stereocenters. The van der Waals surface area contributed by atoms with E-state index in [0.717, 1.165) is 10.3 Å². The molecule has 0 spiro atoms. The summed E-state index contributed by atoms with van der Waals surface area (Å²) in [6, 6.07) is 17.5. The second kappa shape index (κ2) is 8.93. The van der Waals surface area contributed by atoms with Gasteiger partial charge in [-0.1, -0.05) is 24.3 Å². The molecule has 1 heterocycles. The molecular weight excluding hydrogens is 456 g/mol. The van der Waals surface area contributed by atoms with Crippen molar-refractivity contribution in [1.82, 2.24) is 9.71 Å². The number of Topliss-reactive ketones (excluding diaryl/α,β-unsaturated/α-hetero) is 1. The zero-order valence-corrected chi connectivity index (χ0v) is 18.8. The highest BCUT2D eigenvalue weighted by molar-refractivity contribution is 7.89. The van der Waals surface area contributed by atoms with Gasteiger partial charge in [0.15, 0.2) is 11.6 Å². The quantitative estimate of drug-likeness (QED) is 0.221. The Morgan fingerprint density at radius 2 is 1.71 bits per heavy atom. The van der Waals surface area contributed by atoms with Crippen LogP contribution >= 0.6 is 0 Å². The number of benzene rings is 3. The van der Waals surface area contributed by atoms with E-state index in [-0.39, 0.29) is 27.9 Å². The highest BCUT2D eigenvalue weighted by Gasteiger charge is 2.16. The van der Waals surface area contributed by atoms with E-state index >= 15 is 0 Å². The number of primary sulfonamides is 1. The normalized spacial score (nSPS) is 11.7. The van der Waals surface area contributed by atoms with Gasteiger partial charge in [-0.3, -0.25) is 9.59 Å². The van der Waals surface area contributed by atoms with Gasteiger partial charge in [0, 0.05) is 22.9 Å². The summed E-state index contributed by atoms with van der Waals surface area (Å²) in [4.78, 5) is 27.8. The van der Waals surface area contributed by atoms with E-state index in [1.807, 2.05) is 0 Å². The SMILES string of the molecule is CC(=O)c1ccc(/C=C/C(=O)Nc2ccc(-c3nc4ccc(S(N)(=O)=O)cc4n3O)cc2)cc1. The Morgan fingerprint density at radius 1 is 1.03 bits per heavy atom. The minimum absolute atomic E-state index is 0.0262. The van der Waals surface area contributed by atoms with Crippen molar-refractivity contribution in [3.8, 4) is 11.4 Å². The van der Waals surface area contributed by atoms with Crippen LogP contribution in [0.2, 0.25) is 0 Å². The summed E-state index contributed by atoms with van der Waals surface area (Å²) < 4.78 is 23.9. The van der Waals surface area contributed by atoms with Gasteiger partial charge in [-0.2, -0.15) is 4.73 Å². The molecule has 0 fully saturated rings. The van der Waals surface area contributed by atoms with Crippen LogP contribution in [0.5, 0.6) is 0 Å².